The molecule has 1 fully saturated rings. The highest BCUT2D eigenvalue weighted by Crippen LogP contribution is 2.64. The van der Waals surface area contributed by atoms with Crippen molar-refractivity contribution in [1.82, 2.24) is 0 Å². The molecule has 1 unspecified atom stereocenters. The second-order valence-electron chi connectivity index (χ2n) is 4.51. The Morgan fingerprint density at radius 1 is 1.11 bits per heavy atom. The SMILES string of the molecule is CCC#CC1(C)CC1(C(=O)OCC)C(=O)OCC. The molecule has 4 nitrogen and oxygen atoms in total. The van der Waals surface area contributed by atoms with E-state index >= 15 is 0 Å². The fraction of sp³-hybridized carbons (Fsp3) is 0.714. The molecule has 100 valence electrons. The molecule has 0 bridgehead atoms. The van der Waals surface area contributed by atoms with Gasteiger partial charge in [0.25, 0.3) is 0 Å². The number of carbonyl (C=O) groups excluding carboxylic acids is 2. The van der Waals surface area contributed by atoms with E-state index in [1.165, 1.54) is 0 Å². The maximum atomic E-state index is 12.0. The third kappa shape index (κ3) is 2.22. The van der Waals surface area contributed by atoms with Gasteiger partial charge in [0.2, 0.25) is 0 Å². The van der Waals surface area contributed by atoms with Crippen LogP contribution in [0, 0.1) is 22.7 Å². The predicted octanol–water partition coefficient (Wildman–Crippen LogP) is 1.92. The predicted molar refractivity (Wildman–Crippen MR) is 66.5 cm³/mol. The topological polar surface area (TPSA) is 52.6 Å². The molecule has 0 aromatic rings. The van der Waals surface area contributed by atoms with Crippen molar-refractivity contribution >= 4 is 11.9 Å². The van der Waals surface area contributed by atoms with Crippen LogP contribution in [0.4, 0.5) is 0 Å². The molecule has 0 aliphatic heterocycles. The Hall–Kier alpha value is -1.50. The van der Waals surface area contributed by atoms with E-state index in [0.717, 1.165) is 0 Å². The summed E-state index contributed by atoms with van der Waals surface area (Å²) in [4.78, 5) is 24.1. The molecule has 1 atom stereocenters. The zero-order chi connectivity index (χ0) is 13.8. The number of rotatable bonds is 4. The number of hydrogen-bond donors (Lipinski definition) is 0. The smallest absolute Gasteiger partial charge is 0.325 e. The number of esters is 2. The van der Waals surface area contributed by atoms with Crippen molar-refractivity contribution in [2.75, 3.05) is 13.2 Å². The van der Waals surface area contributed by atoms with Gasteiger partial charge in [0, 0.05) is 6.42 Å². The van der Waals surface area contributed by atoms with Crippen molar-refractivity contribution in [3.8, 4) is 11.8 Å². The minimum absolute atomic E-state index is 0.247. The second kappa shape index (κ2) is 5.43. The Bertz CT molecular complexity index is 384. The lowest BCUT2D eigenvalue weighted by molar-refractivity contribution is -0.165. The zero-order valence-corrected chi connectivity index (χ0v) is 11.5. The minimum atomic E-state index is -1.22. The van der Waals surface area contributed by atoms with E-state index in [-0.39, 0.29) is 13.2 Å². The van der Waals surface area contributed by atoms with Gasteiger partial charge in [0.05, 0.1) is 18.6 Å². The van der Waals surface area contributed by atoms with Crippen LogP contribution in [0.3, 0.4) is 0 Å². The van der Waals surface area contributed by atoms with Crippen molar-refractivity contribution in [2.24, 2.45) is 10.8 Å². The Balaban J connectivity index is 3.00. The summed E-state index contributed by atoms with van der Waals surface area (Å²) in [5, 5.41) is 0. The van der Waals surface area contributed by atoms with E-state index in [2.05, 4.69) is 11.8 Å². The van der Waals surface area contributed by atoms with Crippen LogP contribution in [0.5, 0.6) is 0 Å². The first kappa shape index (κ1) is 14.6. The van der Waals surface area contributed by atoms with Gasteiger partial charge in [-0.05, 0) is 27.2 Å². The third-order valence-corrected chi connectivity index (χ3v) is 3.22. The van der Waals surface area contributed by atoms with Crippen LogP contribution in [-0.4, -0.2) is 25.2 Å². The summed E-state index contributed by atoms with van der Waals surface area (Å²) in [5.41, 5.74) is -1.87. The molecule has 18 heavy (non-hydrogen) atoms. The molecule has 1 aliphatic rings. The van der Waals surface area contributed by atoms with Crippen LogP contribution < -0.4 is 0 Å². The molecule has 0 radical (unpaired) electrons. The largest absolute Gasteiger partial charge is 0.465 e. The molecule has 0 aromatic heterocycles. The van der Waals surface area contributed by atoms with Crippen molar-refractivity contribution in [2.45, 2.75) is 40.5 Å². The summed E-state index contributed by atoms with van der Waals surface area (Å²) in [6.07, 6.45) is 1.07. The summed E-state index contributed by atoms with van der Waals surface area (Å²) in [6, 6.07) is 0. The second-order valence-corrected chi connectivity index (χ2v) is 4.51. The van der Waals surface area contributed by atoms with E-state index in [1.807, 2.05) is 13.8 Å². The van der Waals surface area contributed by atoms with E-state index in [9.17, 15) is 9.59 Å². The van der Waals surface area contributed by atoms with Crippen molar-refractivity contribution in [3.05, 3.63) is 0 Å². The molecule has 0 saturated heterocycles. The van der Waals surface area contributed by atoms with Crippen LogP contribution in [0.15, 0.2) is 0 Å². The Kier molecular flexibility index (Phi) is 4.39. The average Bonchev–Trinajstić information content (AvgIpc) is 2.96. The van der Waals surface area contributed by atoms with Crippen molar-refractivity contribution in [3.63, 3.8) is 0 Å². The van der Waals surface area contributed by atoms with E-state index in [0.29, 0.717) is 12.8 Å². The van der Waals surface area contributed by atoms with Gasteiger partial charge < -0.3 is 9.47 Å². The lowest BCUT2D eigenvalue weighted by atomic mass is 9.94. The van der Waals surface area contributed by atoms with E-state index < -0.39 is 22.8 Å². The third-order valence-electron chi connectivity index (χ3n) is 3.22. The fourth-order valence-electron chi connectivity index (χ4n) is 2.11. The normalized spacial score (nSPS) is 23.6. The van der Waals surface area contributed by atoms with Gasteiger partial charge in [-0.25, -0.2) is 0 Å². The minimum Gasteiger partial charge on any atom is -0.465 e. The summed E-state index contributed by atoms with van der Waals surface area (Å²) < 4.78 is 10.0. The molecule has 1 saturated carbocycles. The Labute approximate surface area is 108 Å². The molecule has 0 heterocycles. The van der Waals surface area contributed by atoms with Gasteiger partial charge >= 0.3 is 11.9 Å². The first-order valence-electron chi connectivity index (χ1n) is 6.33. The molecule has 1 rings (SSSR count). The van der Waals surface area contributed by atoms with Gasteiger partial charge in [0.15, 0.2) is 5.41 Å². The van der Waals surface area contributed by atoms with Gasteiger partial charge in [0.1, 0.15) is 0 Å². The van der Waals surface area contributed by atoms with Crippen molar-refractivity contribution in [1.29, 1.82) is 0 Å². The van der Waals surface area contributed by atoms with Crippen LogP contribution in [0.2, 0.25) is 0 Å². The molecule has 0 spiro atoms. The van der Waals surface area contributed by atoms with Crippen molar-refractivity contribution < 1.29 is 19.1 Å². The molecule has 1 aliphatic carbocycles. The van der Waals surface area contributed by atoms with Crippen LogP contribution in [-0.2, 0) is 19.1 Å². The standard InChI is InChI=1S/C14H20O4/c1-5-8-9-13(4)10-14(13,11(15)17-6-2)12(16)18-7-3/h5-7,10H2,1-4H3. The van der Waals surface area contributed by atoms with E-state index in [1.54, 1.807) is 13.8 Å². The summed E-state index contributed by atoms with van der Waals surface area (Å²) in [6.45, 7) is 7.66. The molecule has 0 N–H and O–H groups in total. The number of hydrogen-bond acceptors (Lipinski definition) is 4. The first-order chi connectivity index (χ1) is 8.48. The van der Waals surface area contributed by atoms with Crippen LogP contribution in [0.1, 0.15) is 40.5 Å². The highest BCUT2D eigenvalue weighted by Gasteiger charge is 2.76. The Morgan fingerprint density at radius 3 is 2.00 bits per heavy atom. The zero-order valence-electron chi connectivity index (χ0n) is 11.5. The monoisotopic (exact) mass is 252 g/mol. The molecular weight excluding hydrogens is 232 g/mol. The first-order valence-corrected chi connectivity index (χ1v) is 6.33. The van der Waals surface area contributed by atoms with Gasteiger partial charge in [-0.2, -0.15) is 0 Å². The lowest BCUT2D eigenvalue weighted by Gasteiger charge is -2.16. The molecular formula is C14H20O4. The lowest BCUT2D eigenvalue weighted by Crippen LogP contribution is -2.34. The molecule has 0 amide bonds. The van der Waals surface area contributed by atoms with Gasteiger partial charge in [-0.3, -0.25) is 9.59 Å². The summed E-state index contributed by atoms with van der Waals surface area (Å²) in [7, 11) is 0. The summed E-state index contributed by atoms with van der Waals surface area (Å²) in [5.74, 6) is 4.90. The molecule has 0 aromatic carbocycles. The maximum Gasteiger partial charge on any atom is 0.325 e. The van der Waals surface area contributed by atoms with Gasteiger partial charge in [-0.15, -0.1) is 5.92 Å². The number of ether oxygens (including phenoxy) is 2. The highest BCUT2D eigenvalue weighted by atomic mass is 16.6. The van der Waals surface area contributed by atoms with Crippen LogP contribution in [0.25, 0.3) is 0 Å². The summed E-state index contributed by atoms with van der Waals surface area (Å²) >= 11 is 0. The van der Waals surface area contributed by atoms with E-state index in [4.69, 9.17) is 9.47 Å². The fourth-order valence-corrected chi connectivity index (χ4v) is 2.11. The number of carbonyl (C=O) groups is 2. The Morgan fingerprint density at radius 2 is 1.61 bits per heavy atom. The van der Waals surface area contributed by atoms with Gasteiger partial charge in [-0.1, -0.05) is 12.8 Å². The average molecular weight is 252 g/mol. The maximum absolute atomic E-state index is 12.0. The molecule has 4 heteroatoms. The quantitative estimate of drug-likeness (QED) is 0.436. The van der Waals surface area contributed by atoms with Crippen LogP contribution >= 0.6 is 0 Å². The highest BCUT2D eigenvalue weighted by molar-refractivity contribution is 6.05.